The van der Waals surface area contributed by atoms with Crippen molar-refractivity contribution in [2.45, 2.75) is 38.7 Å². The van der Waals surface area contributed by atoms with E-state index in [9.17, 15) is 9.90 Å². The molecule has 66 valence electrons. The molecule has 0 spiro atoms. The lowest BCUT2D eigenvalue weighted by Crippen LogP contribution is -2.40. The molecule has 0 amide bonds. The van der Waals surface area contributed by atoms with Gasteiger partial charge < -0.3 is 10.2 Å². The number of carbonyl (C=O) groups excluding carboxylic acids is 1. The molecule has 0 saturated carbocycles. The second-order valence-corrected chi connectivity index (χ2v) is 2.85. The zero-order chi connectivity index (χ0) is 8.91. The van der Waals surface area contributed by atoms with Crippen LogP contribution in [0.2, 0.25) is 0 Å². The number of rotatable bonds is 5. The van der Waals surface area contributed by atoms with Gasteiger partial charge in [-0.15, -0.1) is 0 Å². The summed E-state index contributed by atoms with van der Waals surface area (Å²) in [4.78, 5) is 10.8. The van der Waals surface area contributed by atoms with Crippen LogP contribution in [0.25, 0.3) is 0 Å². The molecule has 0 radical (unpaired) electrons. The summed E-state index contributed by atoms with van der Waals surface area (Å²) in [7, 11) is 0. The first-order valence-corrected chi connectivity index (χ1v) is 3.91. The first kappa shape index (κ1) is 10.6. The molecular formula is C8H16O3. The molecule has 0 saturated heterocycles. The van der Waals surface area contributed by atoms with E-state index in [4.69, 9.17) is 5.11 Å². The van der Waals surface area contributed by atoms with Gasteiger partial charge in [-0.25, -0.2) is 0 Å². The summed E-state index contributed by atoms with van der Waals surface area (Å²) in [6.07, 6.45) is 2.03. The Morgan fingerprint density at radius 1 is 1.55 bits per heavy atom. The van der Waals surface area contributed by atoms with Crippen molar-refractivity contribution in [1.29, 1.82) is 0 Å². The van der Waals surface area contributed by atoms with Crippen LogP contribution < -0.4 is 0 Å². The highest BCUT2D eigenvalue weighted by Crippen LogP contribution is 2.14. The highest BCUT2D eigenvalue weighted by Gasteiger charge is 2.30. The molecule has 0 bridgehead atoms. The van der Waals surface area contributed by atoms with Gasteiger partial charge in [0.25, 0.3) is 0 Å². The molecule has 0 heterocycles. The highest BCUT2D eigenvalue weighted by atomic mass is 16.3. The van der Waals surface area contributed by atoms with E-state index in [1.807, 2.05) is 6.92 Å². The van der Waals surface area contributed by atoms with Crippen LogP contribution in [0.4, 0.5) is 0 Å². The standard InChI is InChI=1S/C8H16O3/c1-3-4-5-8(11,6-9)7(2)10/h9,11H,3-6H2,1-2H3. The first-order chi connectivity index (χ1) is 5.06. The van der Waals surface area contributed by atoms with Crippen molar-refractivity contribution in [2.75, 3.05) is 6.61 Å². The molecule has 11 heavy (non-hydrogen) atoms. The molecule has 0 aliphatic heterocycles. The third-order valence-electron chi connectivity index (χ3n) is 1.86. The van der Waals surface area contributed by atoms with Crippen molar-refractivity contribution in [1.82, 2.24) is 0 Å². The Kier molecular flexibility index (Phi) is 4.30. The van der Waals surface area contributed by atoms with Crippen molar-refractivity contribution in [3.8, 4) is 0 Å². The number of hydrogen-bond acceptors (Lipinski definition) is 3. The topological polar surface area (TPSA) is 57.5 Å². The fraction of sp³-hybridized carbons (Fsp3) is 0.875. The Morgan fingerprint density at radius 3 is 2.36 bits per heavy atom. The van der Waals surface area contributed by atoms with E-state index in [2.05, 4.69) is 0 Å². The predicted molar refractivity (Wildman–Crippen MR) is 42.2 cm³/mol. The molecule has 0 aromatic carbocycles. The quantitative estimate of drug-likeness (QED) is 0.615. The zero-order valence-corrected chi connectivity index (χ0v) is 7.13. The predicted octanol–water partition coefficient (Wildman–Crippen LogP) is 0.489. The van der Waals surface area contributed by atoms with Crippen molar-refractivity contribution in [3.05, 3.63) is 0 Å². The van der Waals surface area contributed by atoms with E-state index in [1.165, 1.54) is 6.92 Å². The van der Waals surface area contributed by atoms with Crippen LogP contribution in [0.5, 0.6) is 0 Å². The van der Waals surface area contributed by atoms with Crippen LogP contribution in [0.3, 0.4) is 0 Å². The Labute approximate surface area is 67.0 Å². The maximum absolute atomic E-state index is 10.8. The Morgan fingerprint density at radius 2 is 2.09 bits per heavy atom. The molecule has 3 heteroatoms. The lowest BCUT2D eigenvalue weighted by molar-refractivity contribution is -0.140. The van der Waals surface area contributed by atoms with Gasteiger partial charge in [-0.1, -0.05) is 19.8 Å². The minimum atomic E-state index is -1.49. The van der Waals surface area contributed by atoms with Gasteiger partial charge in [-0.3, -0.25) is 4.79 Å². The minimum Gasteiger partial charge on any atom is -0.393 e. The van der Waals surface area contributed by atoms with Gasteiger partial charge in [0.05, 0.1) is 6.61 Å². The second kappa shape index (κ2) is 4.46. The molecule has 2 N–H and O–H groups in total. The summed E-state index contributed by atoms with van der Waals surface area (Å²) in [6, 6.07) is 0. The lowest BCUT2D eigenvalue weighted by Gasteiger charge is -2.21. The molecule has 0 aromatic rings. The van der Waals surface area contributed by atoms with Gasteiger partial charge in [0.1, 0.15) is 5.60 Å². The number of aliphatic hydroxyl groups excluding tert-OH is 1. The summed E-state index contributed by atoms with van der Waals surface area (Å²) in [5, 5.41) is 18.1. The van der Waals surface area contributed by atoms with Crippen molar-refractivity contribution >= 4 is 5.78 Å². The van der Waals surface area contributed by atoms with Crippen LogP contribution in [0.1, 0.15) is 33.1 Å². The molecule has 0 fully saturated rings. The fourth-order valence-corrected chi connectivity index (χ4v) is 0.836. The van der Waals surface area contributed by atoms with Crippen LogP contribution in [-0.2, 0) is 4.79 Å². The summed E-state index contributed by atoms with van der Waals surface area (Å²) in [5.74, 6) is -0.353. The monoisotopic (exact) mass is 160 g/mol. The summed E-state index contributed by atoms with van der Waals surface area (Å²) in [5.41, 5.74) is -1.49. The highest BCUT2D eigenvalue weighted by molar-refractivity contribution is 5.84. The number of unbranched alkanes of at least 4 members (excludes halogenated alkanes) is 1. The first-order valence-electron chi connectivity index (χ1n) is 3.91. The van der Waals surface area contributed by atoms with Crippen LogP contribution in [0, 0.1) is 0 Å². The van der Waals surface area contributed by atoms with Gasteiger partial charge in [0.15, 0.2) is 5.78 Å². The molecule has 3 nitrogen and oxygen atoms in total. The van der Waals surface area contributed by atoms with Gasteiger partial charge in [-0.05, 0) is 13.3 Å². The van der Waals surface area contributed by atoms with E-state index in [0.29, 0.717) is 6.42 Å². The molecule has 1 atom stereocenters. The van der Waals surface area contributed by atoms with Crippen molar-refractivity contribution in [2.24, 2.45) is 0 Å². The average Bonchev–Trinajstić information content (AvgIpc) is 2.00. The van der Waals surface area contributed by atoms with Gasteiger partial charge in [0.2, 0.25) is 0 Å². The number of carbonyl (C=O) groups is 1. The molecular weight excluding hydrogens is 144 g/mol. The van der Waals surface area contributed by atoms with E-state index in [0.717, 1.165) is 12.8 Å². The molecule has 1 unspecified atom stereocenters. The van der Waals surface area contributed by atoms with Crippen LogP contribution in [-0.4, -0.2) is 28.2 Å². The minimum absolute atomic E-state index is 0.353. The van der Waals surface area contributed by atoms with Crippen LogP contribution >= 0.6 is 0 Å². The van der Waals surface area contributed by atoms with Crippen molar-refractivity contribution in [3.63, 3.8) is 0 Å². The van der Waals surface area contributed by atoms with E-state index in [-0.39, 0.29) is 5.78 Å². The summed E-state index contributed by atoms with van der Waals surface area (Å²) >= 11 is 0. The van der Waals surface area contributed by atoms with E-state index < -0.39 is 12.2 Å². The molecule has 0 aliphatic rings. The number of hydrogen-bond donors (Lipinski definition) is 2. The Bertz CT molecular complexity index is 133. The summed E-state index contributed by atoms with van der Waals surface area (Å²) < 4.78 is 0. The number of ketones is 1. The van der Waals surface area contributed by atoms with Crippen LogP contribution in [0.15, 0.2) is 0 Å². The Balaban J connectivity index is 3.99. The fourth-order valence-electron chi connectivity index (χ4n) is 0.836. The lowest BCUT2D eigenvalue weighted by atomic mass is 9.94. The van der Waals surface area contributed by atoms with Crippen molar-refractivity contribution < 1.29 is 15.0 Å². The Hall–Kier alpha value is -0.410. The van der Waals surface area contributed by atoms with Gasteiger partial charge in [-0.2, -0.15) is 0 Å². The summed E-state index contributed by atoms with van der Waals surface area (Å²) in [6.45, 7) is 2.80. The SMILES string of the molecule is CCCCC(O)(CO)C(C)=O. The number of aliphatic hydroxyl groups is 2. The second-order valence-electron chi connectivity index (χ2n) is 2.85. The smallest absolute Gasteiger partial charge is 0.163 e. The largest absolute Gasteiger partial charge is 0.393 e. The van der Waals surface area contributed by atoms with Gasteiger partial charge >= 0.3 is 0 Å². The maximum atomic E-state index is 10.8. The average molecular weight is 160 g/mol. The normalized spacial score (nSPS) is 16.0. The molecule has 0 aliphatic carbocycles. The molecule has 0 aromatic heterocycles. The van der Waals surface area contributed by atoms with E-state index >= 15 is 0 Å². The zero-order valence-electron chi connectivity index (χ0n) is 7.13. The third-order valence-corrected chi connectivity index (χ3v) is 1.86. The third kappa shape index (κ3) is 2.99. The maximum Gasteiger partial charge on any atom is 0.163 e. The van der Waals surface area contributed by atoms with E-state index in [1.54, 1.807) is 0 Å². The van der Waals surface area contributed by atoms with Gasteiger partial charge in [0, 0.05) is 0 Å². The molecule has 0 rings (SSSR count). The number of Topliss-reactive ketones (excluding diaryl/α,β-unsaturated/α-hetero) is 1.